The summed E-state index contributed by atoms with van der Waals surface area (Å²) in [5, 5.41) is 0.610. The number of primary amides is 1. The number of amides is 1. The molecular formula is C26H21F3NO6+. The molecule has 2 heterocycles. The highest BCUT2D eigenvalue weighted by Crippen LogP contribution is 2.56. The van der Waals surface area contributed by atoms with E-state index in [1.807, 2.05) is 12.1 Å². The van der Waals surface area contributed by atoms with Crippen molar-refractivity contribution in [2.75, 3.05) is 20.3 Å². The van der Waals surface area contributed by atoms with Crippen molar-refractivity contribution in [2.24, 2.45) is 0 Å². The Labute approximate surface area is 203 Å². The van der Waals surface area contributed by atoms with Crippen molar-refractivity contribution in [3.63, 3.8) is 0 Å². The van der Waals surface area contributed by atoms with Crippen LogP contribution in [0.2, 0.25) is 0 Å². The number of quaternary nitrogens is 1. The lowest BCUT2D eigenvalue weighted by molar-refractivity contribution is -0.582. The van der Waals surface area contributed by atoms with Crippen molar-refractivity contribution in [1.29, 1.82) is 0 Å². The number of methoxy groups -OCH3 is 1. The second-order valence-electron chi connectivity index (χ2n) is 8.30. The fourth-order valence-electron chi connectivity index (χ4n) is 4.48. The Bertz CT molecular complexity index is 1360. The van der Waals surface area contributed by atoms with Crippen molar-refractivity contribution >= 4 is 11.9 Å². The number of halogens is 3. The molecule has 0 fully saturated rings. The topological polar surface area (TPSA) is 87.7 Å². The molecule has 2 N–H and O–H groups in total. The van der Waals surface area contributed by atoms with E-state index in [2.05, 4.69) is 0 Å². The zero-order valence-corrected chi connectivity index (χ0v) is 19.1. The van der Waals surface area contributed by atoms with Crippen LogP contribution in [0.1, 0.15) is 33.5 Å². The molecule has 1 unspecified atom stereocenters. The second-order valence-corrected chi connectivity index (χ2v) is 8.30. The standard InChI is InChI=1S/C26H20F3NO6/c1-33-15-7-9-19-21(13-15)35-22-14-16(34-12-4-11-30-24(32)26(27,28)29)8-10-20(22)25(19)18-6-3-2-5-17(18)23(31)36-25/h2-3,5-10,13-14H,4,11-12H2,1H3,(H,30,32)/p+1. The summed E-state index contributed by atoms with van der Waals surface area (Å²) >= 11 is 0. The summed E-state index contributed by atoms with van der Waals surface area (Å²) in [4.78, 5) is 23.8. The minimum atomic E-state index is -4.87. The molecule has 0 radical (unpaired) electrons. The third kappa shape index (κ3) is 3.93. The van der Waals surface area contributed by atoms with E-state index in [0.717, 1.165) is 0 Å². The van der Waals surface area contributed by atoms with E-state index >= 15 is 0 Å². The number of nitrogens with two attached hydrogens (primary N) is 1. The molecule has 1 atom stereocenters. The minimum Gasteiger partial charge on any atom is -0.497 e. The molecule has 2 aliphatic heterocycles. The Morgan fingerprint density at radius 2 is 1.64 bits per heavy atom. The van der Waals surface area contributed by atoms with Gasteiger partial charge in [0, 0.05) is 35.2 Å². The minimum absolute atomic E-state index is 0.0667. The summed E-state index contributed by atoms with van der Waals surface area (Å²) in [5.74, 6) is -0.502. The van der Waals surface area contributed by atoms with Crippen molar-refractivity contribution in [3.05, 3.63) is 82.9 Å². The molecule has 36 heavy (non-hydrogen) atoms. The summed E-state index contributed by atoms with van der Waals surface area (Å²) in [6.07, 6.45) is -4.65. The molecule has 0 aromatic heterocycles. The van der Waals surface area contributed by atoms with Crippen LogP contribution in [-0.2, 0) is 15.1 Å². The van der Waals surface area contributed by atoms with Gasteiger partial charge in [-0.2, -0.15) is 13.2 Å². The summed E-state index contributed by atoms with van der Waals surface area (Å²) in [5.41, 5.74) is 1.16. The average Bonchev–Trinajstić information content (AvgIpc) is 3.15. The Morgan fingerprint density at radius 1 is 0.972 bits per heavy atom. The van der Waals surface area contributed by atoms with Gasteiger partial charge in [0.2, 0.25) is 0 Å². The van der Waals surface area contributed by atoms with Gasteiger partial charge in [0.15, 0.2) is 5.60 Å². The van der Waals surface area contributed by atoms with Crippen LogP contribution in [0.25, 0.3) is 0 Å². The van der Waals surface area contributed by atoms with Crippen LogP contribution in [0.5, 0.6) is 23.0 Å². The number of carbonyl (C=O) groups excluding carboxylic acids is 2. The highest BCUT2D eigenvalue weighted by atomic mass is 19.4. The third-order valence-corrected chi connectivity index (χ3v) is 6.12. The van der Waals surface area contributed by atoms with E-state index in [9.17, 15) is 22.8 Å². The fraction of sp³-hybridized carbons (Fsp3) is 0.231. The number of hydrogen-bond acceptors (Lipinski definition) is 6. The van der Waals surface area contributed by atoms with E-state index in [1.165, 1.54) is 7.11 Å². The zero-order chi connectivity index (χ0) is 25.5. The first-order valence-electron chi connectivity index (χ1n) is 11.1. The molecule has 0 saturated carbocycles. The van der Waals surface area contributed by atoms with Crippen LogP contribution < -0.4 is 19.5 Å². The van der Waals surface area contributed by atoms with E-state index in [4.69, 9.17) is 18.9 Å². The summed E-state index contributed by atoms with van der Waals surface area (Å²) in [6, 6.07) is 17.5. The van der Waals surface area contributed by atoms with Gasteiger partial charge in [-0.25, -0.2) is 9.59 Å². The van der Waals surface area contributed by atoms with Gasteiger partial charge in [-0.1, -0.05) is 18.2 Å². The molecule has 5 rings (SSSR count). The largest absolute Gasteiger partial charge is 0.509 e. The third-order valence-electron chi connectivity index (χ3n) is 6.12. The molecule has 186 valence electrons. The van der Waals surface area contributed by atoms with Crippen molar-refractivity contribution in [3.8, 4) is 23.0 Å². The van der Waals surface area contributed by atoms with Gasteiger partial charge in [-0.3, -0.25) is 5.32 Å². The molecule has 10 heteroatoms. The van der Waals surface area contributed by atoms with Gasteiger partial charge in [0.05, 0.1) is 25.8 Å². The Balaban J connectivity index is 1.44. The zero-order valence-electron chi connectivity index (χ0n) is 19.1. The lowest BCUT2D eigenvalue weighted by Crippen LogP contribution is -2.91. The second kappa shape index (κ2) is 8.87. The molecular weight excluding hydrogens is 479 g/mol. The van der Waals surface area contributed by atoms with E-state index in [1.54, 1.807) is 48.5 Å². The summed E-state index contributed by atoms with van der Waals surface area (Å²) < 4.78 is 60.2. The Kier molecular flexibility index (Phi) is 5.83. The first kappa shape index (κ1) is 23.7. The predicted octanol–water partition coefficient (Wildman–Crippen LogP) is 3.68. The van der Waals surface area contributed by atoms with Crippen molar-refractivity contribution < 1.29 is 47.0 Å². The molecule has 0 bridgehead atoms. The molecule has 3 aromatic rings. The van der Waals surface area contributed by atoms with Crippen LogP contribution in [0.15, 0.2) is 60.7 Å². The number of benzene rings is 3. The summed E-state index contributed by atoms with van der Waals surface area (Å²) in [6.45, 7) is 0.0244. The molecule has 3 aromatic carbocycles. The number of rotatable bonds is 6. The first-order chi connectivity index (χ1) is 17.2. The number of fused-ring (bicyclic) bond motifs is 6. The van der Waals surface area contributed by atoms with Gasteiger partial charge in [-0.15, -0.1) is 0 Å². The Morgan fingerprint density at radius 3 is 2.33 bits per heavy atom. The fourth-order valence-corrected chi connectivity index (χ4v) is 4.48. The predicted molar refractivity (Wildman–Crippen MR) is 119 cm³/mol. The van der Waals surface area contributed by atoms with Crippen LogP contribution >= 0.6 is 0 Å². The molecule has 0 saturated heterocycles. The first-order valence-corrected chi connectivity index (χ1v) is 11.1. The maximum absolute atomic E-state index is 12.9. The maximum Gasteiger partial charge on any atom is 0.509 e. The monoisotopic (exact) mass is 500 g/mol. The quantitative estimate of drug-likeness (QED) is 0.411. The normalized spacial score (nSPS) is 17.5. The van der Waals surface area contributed by atoms with E-state index < -0.39 is 23.7 Å². The highest BCUT2D eigenvalue weighted by molar-refractivity contribution is 5.97. The molecule has 2 aliphatic rings. The van der Waals surface area contributed by atoms with Gasteiger partial charge >= 0.3 is 18.1 Å². The van der Waals surface area contributed by atoms with E-state index in [0.29, 0.717) is 50.6 Å². The number of esters is 1. The number of hydrogen-bond donors (Lipinski definition) is 1. The highest BCUT2D eigenvalue weighted by Gasteiger charge is 2.53. The van der Waals surface area contributed by atoms with Crippen LogP contribution in [0.4, 0.5) is 13.2 Å². The van der Waals surface area contributed by atoms with Crippen LogP contribution in [0.3, 0.4) is 0 Å². The van der Waals surface area contributed by atoms with Crippen molar-refractivity contribution in [2.45, 2.75) is 18.2 Å². The van der Waals surface area contributed by atoms with E-state index in [-0.39, 0.29) is 19.6 Å². The smallest absolute Gasteiger partial charge is 0.497 e. The van der Waals surface area contributed by atoms with Gasteiger partial charge in [0.25, 0.3) is 0 Å². The lowest BCUT2D eigenvalue weighted by atomic mass is 9.77. The molecule has 7 nitrogen and oxygen atoms in total. The number of ether oxygens (including phenoxy) is 4. The van der Waals surface area contributed by atoms with Crippen LogP contribution in [-0.4, -0.2) is 38.3 Å². The molecule has 1 amide bonds. The maximum atomic E-state index is 12.9. The summed E-state index contributed by atoms with van der Waals surface area (Å²) in [7, 11) is 1.53. The number of carbonyl (C=O) groups is 2. The van der Waals surface area contributed by atoms with Gasteiger partial charge < -0.3 is 18.9 Å². The van der Waals surface area contributed by atoms with Crippen LogP contribution in [0, 0.1) is 0 Å². The van der Waals surface area contributed by atoms with Gasteiger partial charge in [0.1, 0.15) is 23.0 Å². The van der Waals surface area contributed by atoms with Gasteiger partial charge in [-0.05, 0) is 30.3 Å². The Hall–Kier alpha value is -4.05. The number of alkyl halides is 3. The molecule has 0 aliphatic carbocycles. The average molecular weight is 500 g/mol. The van der Waals surface area contributed by atoms with Crippen molar-refractivity contribution in [1.82, 2.24) is 0 Å². The SMILES string of the molecule is COc1ccc2c(c1)Oc1cc(OCCC[NH2+]C(=O)C(F)(F)F)ccc1C21OC(=O)c2ccccc21. The lowest BCUT2D eigenvalue weighted by Gasteiger charge is -2.36. The molecule has 1 spiro atoms.